The quantitative estimate of drug-likeness (QED) is 0.122. The van der Waals surface area contributed by atoms with E-state index in [-0.39, 0.29) is 0 Å². The Morgan fingerprint density at radius 1 is 0.172 bits per heavy atom. The molecule has 2 heteroatoms. The second-order valence-electron chi connectivity index (χ2n) is 24.7. The van der Waals surface area contributed by atoms with Gasteiger partial charge in [-0.15, -0.1) is 0 Å². The van der Waals surface area contributed by atoms with Crippen molar-refractivity contribution >= 4 is 43.6 Å². The lowest BCUT2D eigenvalue weighted by Crippen LogP contribution is -2.29. The summed E-state index contributed by atoms with van der Waals surface area (Å²) in [6.45, 7) is 0. The highest BCUT2D eigenvalue weighted by atomic mass is 15.0. The maximum Gasteiger partial charge on any atom is 0.0719 e. The third kappa shape index (κ3) is 8.94. The summed E-state index contributed by atoms with van der Waals surface area (Å²) < 4.78 is 4.82. The number of hydrogen-bond donors (Lipinski definition) is 0. The molecule has 1 aliphatic rings. The molecular formula is C91H60N2. The Morgan fingerprint density at radius 2 is 0.473 bits per heavy atom. The number of benzene rings is 15. The fourth-order valence-corrected chi connectivity index (χ4v) is 15.3. The molecule has 0 N–H and O–H groups in total. The molecule has 17 aromatic rings. The van der Waals surface area contributed by atoms with Gasteiger partial charge in [0.15, 0.2) is 0 Å². The zero-order valence-electron chi connectivity index (χ0n) is 51.0. The predicted octanol–water partition coefficient (Wildman–Crippen LogP) is 23.9. The zero-order valence-corrected chi connectivity index (χ0v) is 51.0. The smallest absolute Gasteiger partial charge is 0.0719 e. The Morgan fingerprint density at radius 3 is 0.957 bits per heavy atom. The summed E-state index contributed by atoms with van der Waals surface area (Å²) in [5, 5.41) is 4.96. The van der Waals surface area contributed by atoms with Crippen molar-refractivity contribution < 1.29 is 0 Å². The fourth-order valence-electron chi connectivity index (χ4n) is 15.3. The first kappa shape index (κ1) is 53.9. The first-order valence-electron chi connectivity index (χ1n) is 32.2. The molecule has 0 aliphatic heterocycles. The van der Waals surface area contributed by atoms with E-state index in [1.54, 1.807) is 0 Å². The largest absolute Gasteiger partial charge is 0.309 e. The zero-order chi connectivity index (χ0) is 61.4. The standard InChI is InChI=1S/C91H60N2/c1-3-19-61(20-4-1)66-45-51-75(52-46-66)92-87-35-15-10-30-80(87)82-59-71(49-55-89(82)92)72-50-56-90-83(60-72)81-31-11-16-36-88(81)93(90)76-53-47-67(48-54-76)65-39-37-63(38-40-65)64-41-43-68(44-42-64)70-24-18-26-74(58-70)91(85-33-13-8-28-78(85)79-29-9-14-34-86(79)91)84-32-12-7-27-77(84)73-25-17-23-69(57-73)62-21-5-2-6-22-62/h1-60H. The number of rotatable bonds is 11. The molecule has 0 unspecified atom stereocenters. The van der Waals surface area contributed by atoms with Crippen LogP contribution in [0.2, 0.25) is 0 Å². The number of para-hydroxylation sites is 2. The van der Waals surface area contributed by atoms with Crippen LogP contribution < -0.4 is 0 Å². The molecule has 93 heavy (non-hydrogen) atoms. The van der Waals surface area contributed by atoms with E-state index in [0.29, 0.717) is 0 Å². The average molecular weight is 1180 g/mol. The van der Waals surface area contributed by atoms with Crippen LogP contribution in [-0.2, 0) is 5.41 Å². The van der Waals surface area contributed by atoms with Crippen molar-refractivity contribution in [2.45, 2.75) is 5.41 Å². The minimum Gasteiger partial charge on any atom is -0.309 e. The van der Waals surface area contributed by atoms with Crippen LogP contribution in [0.4, 0.5) is 0 Å². The lowest BCUT2D eigenvalue weighted by Gasteiger charge is -2.36. The van der Waals surface area contributed by atoms with Crippen molar-refractivity contribution in [3.63, 3.8) is 0 Å². The molecule has 15 aromatic carbocycles. The van der Waals surface area contributed by atoms with E-state index >= 15 is 0 Å². The van der Waals surface area contributed by atoms with E-state index in [2.05, 4.69) is 373 Å². The molecule has 434 valence electrons. The van der Waals surface area contributed by atoms with Crippen LogP contribution in [0.15, 0.2) is 364 Å². The Balaban J connectivity index is 0.629. The summed E-state index contributed by atoms with van der Waals surface area (Å²) in [5.74, 6) is 0. The lowest BCUT2D eigenvalue weighted by molar-refractivity contribution is 0.771. The molecule has 0 saturated heterocycles. The monoisotopic (exact) mass is 1180 g/mol. The third-order valence-electron chi connectivity index (χ3n) is 19.7. The van der Waals surface area contributed by atoms with Gasteiger partial charge in [0.2, 0.25) is 0 Å². The molecule has 18 rings (SSSR count). The molecule has 0 spiro atoms. The van der Waals surface area contributed by atoms with Gasteiger partial charge in [-0.1, -0.05) is 291 Å². The Hall–Kier alpha value is -12.1. The minimum atomic E-state index is -0.581. The van der Waals surface area contributed by atoms with Crippen LogP contribution in [0.1, 0.15) is 22.3 Å². The van der Waals surface area contributed by atoms with E-state index in [4.69, 9.17) is 0 Å². The summed E-state index contributed by atoms with van der Waals surface area (Å²) in [5.41, 5.74) is 30.9. The third-order valence-corrected chi connectivity index (χ3v) is 19.7. The lowest BCUT2D eigenvalue weighted by atomic mass is 9.65. The van der Waals surface area contributed by atoms with Gasteiger partial charge >= 0.3 is 0 Å². The van der Waals surface area contributed by atoms with Gasteiger partial charge in [0.25, 0.3) is 0 Å². The van der Waals surface area contributed by atoms with E-state index in [1.807, 2.05) is 0 Å². The molecule has 0 fully saturated rings. The van der Waals surface area contributed by atoms with E-state index in [0.717, 1.165) is 11.4 Å². The van der Waals surface area contributed by atoms with Gasteiger partial charge in [0.05, 0.1) is 27.5 Å². The number of nitrogens with zero attached hydrogens (tertiary/aromatic N) is 2. The second kappa shape index (κ2) is 22.1. The second-order valence-corrected chi connectivity index (χ2v) is 24.7. The highest BCUT2D eigenvalue weighted by Crippen LogP contribution is 2.58. The summed E-state index contributed by atoms with van der Waals surface area (Å²) in [7, 11) is 0. The van der Waals surface area contributed by atoms with Gasteiger partial charge in [0, 0.05) is 32.9 Å². The number of aromatic nitrogens is 2. The summed E-state index contributed by atoms with van der Waals surface area (Å²) >= 11 is 0. The van der Waals surface area contributed by atoms with Crippen molar-refractivity contribution in [3.05, 3.63) is 386 Å². The fraction of sp³-hybridized carbons (Fsp3) is 0.0110. The van der Waals surface area contributed by atoms with Crippen LogP contribution >= 0.6 is 0 Å². The van der Waals surface area contributed by atoms with Crippen LogP contribution in [0.5, 0.6) is 0 Å². The molecular weight excluding hydrogens is 1120 g/mol. The van der Waals surface area contributed by atoms with Gasteiger partial charge < -0.3 is 9.13 Å². The maximum absolute atomic E-state index is 2.44. The SMILES string of the molecule is c1ccc(-c2ccc(-n3c4ccccc4c4cc(-c5ccc6c(c5)c5ccccc5n6-c5ccc(-c6ccc(-c7ccc(-c8cccc(C9(c%10ccccc%10-c%10cccc(-c%11ccccc%11)c%10)c%10ccccc%10-c%10ccccc%109)c8)cc7)cc6)cc5)ccc43)cc2)cc1. The van der Waals surface area contributed by atoms with Crippen molar-refractivity contribution in [1.29, 1.82) is 0 Å². The van der Waals surface area contributed by atoms with E-state index in [9.17, 15) is 0 Å². The normalized spacial score (nSPS) is 12.4. The molecule has 2 aromatic heterocycles. The summed E-state index contributed by atoms with van der Waals surface area (Å²) in [6, 6.07) is 135. The molecule has 0 saturated carbocycles. The predicted molar refractivity (Wildman–Crippen MR) is 390 cm³/mol. The minimum absolute atomic E-state index is 0.581. The molecule has 0 amide bonds. The van der Waals surface area contributed by atoms with Crippen LogP contribution in [0.3, 0.4) is 0 Å². The highest BCUT2D eigenvalue weighted by Gasteiger charge is 2.47. The molecule has 0 bridgehead atoms. The van der Waals surface area contributed by atoms with Gasteiger partial charge in [-0.2, -0.15) is 0 Å². The van der Waals surface area contributed by atoms with Gasteiger partial charge in [-0.25, -0.2) is 0 Å². The van der Waals surface area contributed by atoms with Crippen molar-refractivity contribution in [2.75, 3.05) is 0 Å². The first-order valence-corrected chi connectivity index (χ1v) is 32.2. The summed E-state index contributed by atoms with van der Waals surface area (Å²) in [4.78, 5) is 0. The Kier molecular flexibility index (Phi) is 12.8. The van der Waals surface area contributed by atoms with Crippen LogP contribution in [-0.4, -0.2) is 9.13 Å². The summed E-state index contributed by atoms with van der Waals surface area (Å²) in [6.07, 6.45) is 0. The highest BCUT2D eigenvalue weighted by molar-refractivity contribution is 6.13. The van der Waals surface area contributed by atoms with Gasteiger partial charge in [-0.3, -0.25) is 0 Å². The van der Waals surface area contributed by atoms with Crippen molar-refractivity contribution in [2.24, 2.45) is 0 Å². The van der Waals surface area contributed by atoms with E-state index < -0.39 is 5.41 Å². The Bertz CT molecular complexity index is 5650. The molecule has 1 aliphatic carbocycles. The first-order chi connectivity index (χ1) is 46.1. The van der Waals surface area contributed by atoms with Crippen molar-refractivity contribution in [3.8, 4) is 100 Å². The van der Waals surface area contributed by atoms with Crippen LogP contribution in [0, 0.1) is 0 Å². The average Bonchev–Trinajstić information content (AvgIpc) is 1.57. The van der Waals surface area contributed by atoms with E-state index in [1.165, 1.54) is 155 Å². The molecule has 2 nitrogen and oxygen atoms in total. The Labute approximate surface area is 541 Å². The molecule has 0 atom stereocenters. The van der Waals surface area contributed by atoms with Gasteiger partial charge in [0.1, 0.15) is 0 Å². The van der Waals surface area contributed by atoms with Crippen molar-refractivity contribution in [1.82, 2.24) is 9.13 Å². The van der Waals surface area contributed by atoms with Gasteiger partial charge in [-0.05, 0) is 184 Å². The number of fused-ring (bicyclic) bond motifs is 9. The molecule has 0 radical (unpaired) electrons. The maximum atomic E-state index is 2.44. The number of hydrogen-bond acceptors (Lipinski definition) is 0. The van der Waals surface area contributed by atoms with Crippen LogP contribution in [0.25, 0.3) is 144 Å². The molecule has 2 heterocycles. The topological polar surface area (TPSA) is 9.86 Å².